The van der Waals surface area contributed by atoms with E-state index in [4.69, 9.17) is 5.11 Å². The number of phenolic OH excluding ortho intramolecular Hbond substituents is 2. The molecular formula is C12H19NO3. The summed E-state index contributed by atoms with van der Waals surface area (Å²) in [6, 6.07) is 4.53. The number of nitrogens with one attached hydrogen (secondary N) is 1. The third-order valence-corrected chi connectivity index (χ3v) is 2.58. The lowest BCUT2D eigenvalue weighted by atomic mass is 10.1. The molecule has 0 amide bonds. The summed E-state index contributed by atoms with van der Waals surface area (Å²) in [5.41, 5.74) is 0.493. The molecule has 4 N–H and O–H groups in total. The van der Waals surface area contributed by atoms with E-state index in [1.165, 1.54) is 0 Å². The van der Waals surface area contributed by atoms with Gasteiger partial charge in [0.1, 0.15) is 11.5 Å². The largest absolute Gasteiger partial charge is 0.507 e. The van der Waals surface area contributed by atoms with E-state index in [1.807, 2.05) is 13.8 Å². The number of phenols is 2. The Hall–Kier alpha value is -1.26. The van der Waals surface area contributed by atoms with E-state index in [-0.39, 0.29) is 30.1 Å². The number of hydrogen-bond acceptors (Lipinski definition) is 4. The van der Waals surface area contributed by atoms with Gasteiger partial charge in [-0.15, -0.1) is 0 Å². The Balaban J connectivity index is 2.69. The van der Waals surface area contributed by atoms with Crippen LogP contribution >= 0.6 is 0 Å². The Morgan fingerprint density at radius 3 is 2.25 bits per heavy atom. The van der Waals surface area contributed by atoms with Crippen molar-refractivity contribution in [2.24, 2.45) is 5.92 Å². The van der Waals surface area contributed by atoms with E-state index >= 15 is 0 Å². The average Bonchev–Trinajstić information content (AvgIpc) is 2.25. The molecule has 4 nitrogen and oxygen atoms in total. The SMILES string of the molecule is CC(CO)CNC(C)c1c(O)cccc1O. The summed E-state index contributed by atoms with van der Waals surface area (Å²) < 4.78 is 0. The summed E-state index contributed by atoms with van der Waals surface area (Å²) in [5, 5.41) is 31.3. The monoisotopic (exact) mass is 225 g/mol. The van der Waals surface area contributed by atoms with Crippen molar-refractivity contribution in [3.8, 4) is 11.5 Å². The minimum atomic E-state index is -0.157. The van der Waals surface area contributed by atoms with Gasteiger partial charge >= 0.3 is 0 Å². The second-order valence-corrected chi connectivity index (χ2v) is 4.13. The molecule has 1 aromatic rings. The average molecular weight is 225 g/mol. The van der Waals surface area contributed by atoms with E-state index < -0.39 is 0 Å². The van der Waals surface area contributed by atoms with Gasteiger partial charge in [-0.2, -0.15) is 0 Å². The van der Waals surface area contributed by atoms with Crippen molar-refractivity contribution in [2.45, 2.75) is 19.9 Å². The number of aliphatic hydroxyl groups excluding tert-OH is 1. The molecular weight excluding hydrogens is 206 g/mol. The van der Waals surface area contributed by atoms with Gasteiger partial charge in [-0.3, -0.25) is 0 Å². The molecule has 1 aromatic carbocycles. The minimum Gasteiger partial charge on any atom is -0.507 e. The highest BCUT2D eigenvalue weighted by molar-refractivity contribution is 5.44. The van der Waals surface area contributed by atoms with Crippen molar-refractivity contribution in [3.05, 3.63) is 23.8 Å². The van der Waals surface area contributed by atoms with Crippen LogP contribution in [0.1, 0.15) is 25.5 Å². The summed E-state index contributed by atoms with van der Waals surface area (Å²) in [5.74, 6) is 0.309. The fourth-order valence-electron chi connectivity index (χ4n) is 1.53. The molecule has 0 radical (unpaired) electrons. The number of benzene rings is 1. The third kappa shape index (κ3) is 3.12. The Kier molecular flexibility index (Phi) is 4.58. The Bertz CT molecular complexity index is 321. The molecule has 2 unspecified atom stereocenters. The fourth-order valence-corrected chi connectivity index (χ4v) is 1.53. The third-order valence-electron chi connectivity index (χ3n) is 2.58. The van der Waals surface area contributed by atoms with E-state index in [2.05, 4.69) is 5.32 Å². The predicted octanol–water partition coefficient (Wildman–Crippen LogP) is 1.38. The highest BCUT2D eigenvalue weighted by Crippen LogP contribution is 2.31. The van der Waals surface area contributed by atoms with Gasteiger partial charge < -0.3 is 20.6 Å². The molecule has 0 bridgehead atoms. The second kappa shape index (κ2) is 5.72. The normalized spacial score (nSPS) is 14.7. The van der Waals surface area contributed by atoms with E-state index in [0.29, 0.717) is 12.1 Å². The first kappa shape index (κ1) is 12.8. The molecule has 90 valence electrons. The first-order chi connectivity index (χ1) is 7.56. The number of rotatable bonds is 5. The van der Waals surface area contributed by atoms with Crippen LogP contribution in [-0.4, -0.2) is 28.5 Å². The van der Waals surface area contributed by atoms with E-state index in [9.17, 15) is 10.2 Å². The quantitative estimate of drug-likeness (QED) is 0.611. The number of hydrogen-bond donors (Lipinski definition) is 4. The van der Waals surface area contributed by atoms with Crippen LogP contribution in [0.25, 0.3) is 0 Å². The fraction of sp³-hybridized carbons (Fsp3) is 0.500. The first-order valence-electron chi connectivity index (χ1n) is 5.41. The van der Waals surface area contributed by atoms with Gasteiger partial charge in [-0.05, 0) is 25.0 Å². The lowest BCUT2D eigenvalue weighted by Gasteiger charge is -2.18. The van der Waals surface area contributed by atoms with Crippen molar-refractivity contribution >= 4 is 0 Å². The Morgan fingerprint density at radius 1 is 1.19 bits per heavy atom. The van der Waals surface area contributed by atoms with Gasteiger partial charge in [0, 0.05) is 19.2 Å². The predicted molar refractivity (Wildman–Crippen MR) is 62.4 cm³/mol. The standard InChI is InChI=1S/C12H19NO3/c1-8(7-14)6-13-9(2)12-10(15)4-3-5-11(12)16/h3-5,8-9,13-16H,6-7H2,1-2H3. The maximum Gasteiger partial charge on any atom is 0.124 e. The lowest BCUT2D eigenvalue weighted by Crippen LogP contribution is -2.26. The minimum absolute atomic E-state index is 0.0802. The molecule has 0 spiro atoms. The smallest absolute Gasteiger partial charge is 0.124 e. The lowest BCUT2D eigenvalue weighted by molar-refractivity contribution is 0.230. The molecule has 4 heteroatoms. The van der Waals surface area contributed by atoms with Crippen LogP contribution < -0.4 is 5.32 Å². The van der Waals surface area contributed by atoms with Gasteiger partial charge in [0.2, 0.25) is 0 Å². The molecule has 0 saturated carbocycles. The molecule has 2 atom stereocenters. The molecule has 0 heterocycles. The van der Waals surface area contributed by atoms with Crippen LogP contribution in [0, 0.1) is 5.92 Å². The number of aromatic hydroxyl groups is 2. The van der Waals surface area contributed by atoms with Crippen LogP contribution in [0.4, 0.5) is 0 Å². The zero-order valence-electron chi connectivity index (χ0n) is 9.64. The van der Waals surface area contributed by atoms with Gasteiger partial charge in [-0.25, -0.2) is 0 Å². The molecule has 0 aliphatic rings. The summed E-state index contributed by atoms with van der Waals surface area (Å²) in [7, 11) is 0. The topological polar surface area (TPSA) is 72.7 Å². The molecule has 0 aromatic heterocycles. The number of aliphatic hydroxyl groups is 1. The van der Waals surface area contributed by atoms with Crippen molar-refractivity contribution in [1.82, 2.24) is 5.32 Å². The molecule has 1 rings (SSSR count). The zero-order valence-corrected chi connectivity index (χ0v) is 9.64. The van der Waals surface area contributed by atoms with Crippen LogP contribution in [0.5, 0.6) is 11.5 Å². The van der Waals surface area contributed by atoms with Crippen molar-refractivity contribution in [2.75, 3.05) is 13.2 Å². The van der Waals surface area contributed by atoms with Crippen molar-refractivity contribution < 1.29 is 15.3 Å². The van der Waals surface area contributed by atoms with Gasteiger partial charge in [0.25, 0.3) is 0 Å². The molecule has 0 fully saturated rings. The Labute approximate surface area is 95.6 Å². The highest BCUT2D eigenvalue weighted by Gasteiger charge is 2.14. The molecule has 0 saturated heterocycles. The van der Waals surface area contributed by atoms with Crippen LogP contribution in [-0.2, 0) is 0 Å². The maximum atomic E-state index is 9.63. The van der Waals surface area contributed by atoms with Crippen molar-refractivity contribution in [3.63, 3.8) is 0 Å². The second-order valence-electron chi connectivity index (χ2n) is 4.13. The van der Waals surface area contributed by atoms with E-state index in [0.717, 1.165) is 0 Å². The summed E-state index contributed by atoms with van der Waals surface area (Å²) in [6.07, 6.45) is 0. The Morgan fingerprint density at radius 2 is 1.75 bits per heavy atom. The summed E-state index contributed by atoms with van der Waals surface area (Å²) >= 11 is 0. The van der Waals surface area contributed by atoms with Crippen LogP contribution in [0.2, 0.25) is 0 Å². The van der Waals surface area contributed by atoms with Crippen molar-refractivity contribution in [1.29, 1.82) is 0 Å². The summed E-state index contributed by atoms with van der Waals surface area (Å²) in [6.45, 7) is 4.53. The van der Waals surface area contributed by atoms with Gasteiger partial charge in [0.05, 0.1) is 5.56 Å². The maximum absolute atomic E-state index is 9.63. The summed E-state index contributed by atoms with van der Waals surface area (Å²) in [4.78, 5) is 0. The molecule has 0 aliphatic carbocycles. The zero-order chi connectivity index (χ0) is 12.1. The van der Waals surface area contributed by atoms with E-state index in [1.54, 1.807) is 18.2 Å². The van der Waals surface area contributed by atoms with Gasteiger partial charge in [0.15, 0.2) is 0 Å². The molecule has 0 aliphatic heterocycles. The van der Waals surface area contributed by atoms with Crippen LogP contribution in [0.15, 0.2) is 18.2 Å². The first-order valence-corrected chi connectivity index (χ1v) is 5.41. The van der Waals surface area contributed by atoms with Gasteiger partial charge in [-0.1, -0.05) is 13.0 Å². The molecule has 16 heavy (non-hydrogen) atoms. The highest BCUT2D eigenvalue weighted by atomic mass is 16.3. The van der Waals surface area contributed by atoms with Crippen LogP contribution in [0.3, 0.4) is 0 Å².